The number of aliphatic hydroxyl groups excluding tert-OH is 3. The van der Waals surface area contributed by atoms with Crippen LogP contribution < -0.4 is 11.1 Å². The molecule has 37 heavy (non-hydrogen) atoms. The van der Waals surface area contributed by atoms with Crippen LogP contribution in [0.3, 0.4) is 0 Å². The van der Waals surface area contributed by atoms with Gasteiger partial charge < -0.3 is 31.1 Å². The van der Waals surface area contributed by atoms with Crippen molar-refractivity contribution in [1.29, 1.82) is 0 Å². The van der Waals surface area contributed by atoms with Gasteiger partial charge in [0.1, 0.15) is 24.1 Å². The summed E-state index contributed by atoms with van der Waals surface area (Å²) in [5.41, 5.74) is 8.79. The Labute approximate surface area is 222 Å². The summed E-state index contributed by atoms with van der Waals surface area (Å²) in [5, 5.41) is 34.9. The SMILES string of the molecule is NCc1nc(NCC(c2ccc(Cl)cc2)c2ccc(Cl)cc2)c2ncn(C3OC(CO)C(O)C3O)c2n1. The molecular formula is C25H26Cl2N6O4. The molecule has 4 unspecified atom stereocenters. The largest absolute Gasteiger partial charge is 0.394 e. The van der Waals surface area contributed by atoms with Crippen LogP contribution in [0.4, 0.5) is 5.82 Å². The molecule has 5 rings (SSSR count). The number of hydrogen-bond donors (Lipinski definition) is 5. The summed E-state index contributed by atoms with van der Waals surface area (Å²) in [5.74, 6) is 0.755. The molecule has 0 spiro atoms. The van der Waals surface area contributed by atoms with Crippen LogP contribution in [0.5, 0.6) is 0 Å². The molecule has 0 radical (unpaired) electrons. The summed E-state index contributed by atoms with van der Waals surface area (Å²) in [6, 6.07) is 15.3. The van der Waals surface area contributed by atoms with Crippen molar-refractivity contribution in [3.63, 3.8) is 0 Å². The lowest BCUT2D eigenvalue weighted by Gasteiger charge is -2.20. The van der Waals surface area contributed by atoms with Crippen molar-refractivity contribution in [2.24, 2.45) is 5.73 Å². The van der Waals surface area contributed by atoms with Gasteiger partial charge in [0.05, 0.1) is 19.5 Å². The predicted octanol–water partition coefficient (Wildman–Crippen LogP) is 2.45. The summed E-state index contributed by atoms with van der Waals surface area (Å²) in [7, 11) is 0. The van der Waals surface area contributed by atoms with Crippen molar-refractivity contribution in [3.8, 4) is 0 Å². The molecule has 4 aromatic rings. The Kier molecular flexibility index (Phi) is 7.59. The van der Waals surface area contributed by atoms with Gasteiger partial charge in [0.15, 0.2) is 23.2 Å². The second-order valence-corrected chi connectivity index (χ2v) is 9.65. The molecule has 1 fully saturated rings. The summed E-state index contributed by atoms with van der Waals surface area (Å²) < 4.78 is 7.19. The van der Waals surface area contributed by atoms with Crippen LogP contribution in [0.1, 0.15) is 29.1 Å². The molecule has 2 aromatic heterocycles. The molecule has 1 aliphatic rings. The Morgan fingerprint density at radius 2 is 1.59 bits per heavy atom. The normalized spacial score (nSPS) is 21.7. The van der Waals surface area contributed by atoms with Gasteiger partial charge in [0.25, 0.3) is 0 Å². The maximum absolute atomic E-state index is 10.5. The fourth-order valence-electron chi connectivity index (χ4n) is 4.49. The minimum atomic E-state index is -1.28. The quantitative estimate of drug-likeness (QED) is 0.225. The average Bonchev–Trinajstić information content (AvgIpc) is 3.46. The lowest BCUT2D eigenvalue weighted by molar-refractivity contribution is -0.0511. The molecule has 0 saturated carbocycles. The summed E-state index contributed by atoms with van der Waals surface area (Å²) >= 11 is 12.2. The molecular weight excluding hydrogens is 519 g/mol. The topological polar surface area (TPSA) is 152 Å². The van der Waals surface area contributed by atoms with Gasteiger partial charge in [-0.1, -0.05) is 47.5 Å². The Bertz CT molecular complexity index is 1320. The van der Waals surface area contributed by atoms with Crippen molar-refractivity contribution in [2.45, 2.75) is 37.0 Å². The van der Waals surface area contributed by atoms with Gasteiger partial charge in [-0.3, -0.25) is 4.57 Å². The van der Waals surface area contributed by atoms with Gasteiger partial charge in [0, 0.05) is 22.5 Å². The van der Waals surface area contributed by atoms with Crippen molar-refractivity contribution in [3.05, 3.63) is 81.9 Å². The van der Waals surface area contributed by atoms with Gasteiger partial charge >= 0.3 is 0 Å². The van der Waals surface area contributed by atoms with Gasteiger partial charge in [-0.2, -0.15) is 0 Å². The first kappa shape index (κ1) is 25.8. The molecule has 194 valence electrons. The molecule has 0 bridgehead atoms. The van der Waals surface area contributed by atoms with E-state index in [1.807, 2.05) is 48.5 Å². The van der Waals surface area contributed by atoms with E-state index < -0.39 is 31.1 Å². The molecule has 4 atom stereocenters. The smallest absolute Gasteiger partial charge is 0.168 e. The molecule has 3 heterocycles. The first-order valence-electron chi connectivity index (χ1n) is 11.7. The number of nitrogens with two attached hydrogens (primary N) is 1. The third-order valence-electron chi connectivity index (χ3n) is 6.46. The van der Waals surface area contributed by atoms with Crippen LogP contribution in [-0.4, -0.2) is 66.3 Å². The number of imidazole rings is 1. The van der Waals surface area contributed by atoms with E-state index in [0.29, 0.717) is 39.4 Å². The van der Waals surface area contributed by atoms with Crippen LogP contribution in [-0.2, 0) is 11.3 Å². The number of fused-ring (bicyclic) bond motifs is 1. The Balaban J connectivity index is 1.49. The van der Waals surface area contributed by atoms with Crippen LogP contribution in [0, 0.1) is 0 Å². The van der Waals surface area contributed by atoms with E-state index >= 15 is 0 Å². The number of halogens is 2. The lowest BCUT2D eigenvalue weighted by atomic mass is 9.91. The second-order valence-electron chi connectivity index (χ2n) is 8.78. The molecule has 0 amide bonds. The minimum absolute atomic E-state index is 0.0663. The maximum Gasteiger partial charge on any atom is 0.168 e. The Morgan fingerprint density at radius 3 is 2.14 bits per heavy atom. The minimum Gasteiger partial charge on any atom is -0.394 e. The van der Waals surface area contributed by atoms with Crippen molar-refractivity contribution in [2.75, 3.05) is 18.5 Å². The van der Waals surface area contributed by atoms with E-state index in [0.717, 1.165) is 11.1 Å². The highest BCUT2D eigenvalue weighted by molar-refractivity contribution is 6.30. The fraction of sp³-hybridized carbons (Fsp3) is 0.320. The highest BCUT2D eigenvalue weighted by atomic mass is 35.5. The summed E-state index contributed by atoms with van der Waals surface area (Å²) in [4.78, 5) is 13.5. The number of benzene rings is 2. The first-order chi connectivity index (χ1) is 17.9. The zero-order valence-electron chi connectivity index (χ0n) is 19.6. The highest BCUT2D eigenvalue weighted by Crippen LogP contribution is 2.33. The van der Waals surface area contributed by atoms with Gasteiger partial charge in [-0.15, -0.1) is 0 Å². The lowest BCUT2D eigenvalue weighted by Crippen LogP contribution is -2.33. The number of aliphatic hydroxyl groups is 3. The monoisotopic (exact) mass is 544 g/mol. The standard InChI is InChI=1S/C25H26Cl2N6O4/c26-15-5-1-13(2-6-15)17(14-3-7-16(27)8-4-14)10-29-23-20-24(32-19(9-28)31-23)33(12-30-20)25-22(36)21(35)18(11-34)37-25/h1-8,12,17-18,21-22,25,34-36H,9-11,28H2,(H,29,31,32). The van der Waals surface area contributed by atoms with E-state index in [4.69, 9.17) is 33.7 Å². The third-order valence-corrected chi connectivity index (χ3v) is 6.96. The molecule has 12 heteroatoms. The number of anilines is 1. The van der Waals surface area contributed by atoms with Gasteiger partial charge in [0.2, 0.25) is 0 Å². The molecule has 1 saturated heterocycles. The average molecular weight is 545 g/mol. The number of nitrogens with one attached hydrogen (secondary N) is 1. The zero-order chi connectivity index (χ0) is 26.1. The predicted molar refractivity (Wildman–Crippen MR) is 139 cm³/mol. The van der Waals surface area contributed by atoms with Crippen molar-refractivity contribution in [1.82, 2.24) is 19.5 Å². The van der Waals surface area contributed by atoms with E-state index in [-0.39, 0.29) is 12.5 Å². The van der Waals surface area contributed by atoms with Gasteiger partial charge in [-0.05, 0) is 35.4 Å². The van der Waals surface area contributed by atoms with Crippen LogP contribution in [0.25, 0.3) is 11.2 Å². The Hall–Kier alpha value is -2.83. The van der Waals surface area contributed by atoms with Crippen LogP contribution in [0.15, 0.2) is 54.9 Å². The molecule has 2 aromatic carbocycles. The summed E-state index contributed by atoms with van der Waals surface area (Å²) in [6.45, 7) is 0.0949. The summed E-state index contributed by atoms with van der Waals surface area (Å²) in [6.07, 6.45) is -2.98. The number of ether oxygens (including phenoxy) is 1. The van der Waals surface area contributed by atoms with E-state index in [1.165, 1.54) is 10.9 Å². The third kappa shape index (κ3) is 5.14. The number of nitrogens with zero attached hydrogens (tertiary/aromatic N) is 4. The van der Waals surface area contributed by atoms with Crippen molar-refractivity contribution >= 4 is 40.2 Å². The maximum atomic E-state index is 10.5. The van der Waals surface area contributed by atoms with Crippen LogP contribution >= 0.6 is 23.2 Å². The molecule has 10 nitrogen and oxygen atoms in total. The highest BCUT2D eigenvalue weighted by Gasteiger charge is 2.44. The van der Waals surface area contributed by atoms with Crippen molar-refractivity contribution < 1.29 is 20.1 Å². The second kappa shape index (κ2) is 10.9. The van der Waals surface area contributed by atoms with Gasteiger partial charge in [-0.25, -0.2) is 15.0 Å². The molecule has 1 aliphatic heterocycles. The molecule has 0 aliphatic carbocycles. The van der Waals surface area contributed by atoms with Crippen LogP contribution in [0.2, 0.25) is 10.0 Å². The van der Waals surface area contributed by atoms with E-state index in [9.17, 15) is 15.3 Å². The number of aromatic nitrogens is 4. The van der Waals surface area contributed by atoms with E-state index in [2.05, 4.69) is 20.3 Å². The fourth-order valence-corrected chi connectivity index (χ4v) is 4.74. The number of rotatable bonds is 8. The first-order valence-corrected chi connectivity index (χ1v) is 12.5. The Morgan fingerprint density at radius 1 is 0.973 bits per heavy atom. The zero-order valence-corrected chi connectivity index (χ0v) is 21.1. The van der Waals surface area contributed by atoms with E-state index in [1.54, 1.807) is 0 Å². The molecule has 6 N–H and O–H groups in total. The number of hydrogen-bond acceptors (Lipinski definition) is 9.